The lowest BCUT2D eigenvalue weighted by Gasteiger charge is -2.27. The molecule has 0 bridgehead atoms. The molecule has 1 fully saturated rings. The van der Waals surface area contributed by atoms with E-state index in [2.05, 4.69) is 11.4 Å². The Hall–Kier alpha value is -1.24. The molecular weight excluding hydrogens is 260 g/mol. The number of nitrogens with zero attached hydrogens (tertiary/aromatic N) is 1. The summed E-state index contributed by atoms with van der Waals surface area (Å²) in [6.07, 6.45) is 6.21. The lowest BCUT2D eigenvalue weighted by Crippen LogP contribution is -2.36. The van der Waals surface area contributed by atoms with Gasteiger partial charge in [-0.25, -0.2) is 0 Å². The Kier molecular flexibility index (Phi) is 4.68. The summed E-state index contributed by atoms with van der Waals surface area (Å²) in [6, 6.07) is 7.21. The van der Waals surface area contributed by atoms with Crippen LogP contribution in [0.25, 0.3) is 0 Å². The van der Waals surface area contributed by atoms with Crippen LogP contribution in [-0.4, -0.2) is 17.3 Å². The molecule has 1 saturated carbocycles. The summed E-state index contributed by atoms with van der Waals surface area (Å²) in [7, 11) is 0. The Balaban J connectivity index is 2.03. The SMILES string of the molecule is N#Cc1ccc(Cl)c(NCC2(O)CCCCCC2)c1. The van der Waals surface area contributed by atoms with Gasteiger partial charge in [0, 0.05) is 6.54 Å². The molecule has 0 aromatic heterocycles. The lowest BCUT2D eigenvalue weighted by molar-refractivity contribution is 0.0381. The van der Waals surface area contributed by atoms with Crippen LogP contribution in [0, 0.1) is 11.3 Å². The van der Waals surface area contributed by atoms with E-state index in [0.717, 1.165) is 31.4 Å². The number of rotatable bonds is 3. The van der Waals surface area contributed by atoms with E-state index in [1.807, 2.05) is 0 Å². The van der Waals surface area contributed by atoms with Gasteiger partial charge in [-0.3, -0.25) is 0 Å². The molecule has 0 spiro atoms. The van der Waals surface area contributed by atoms with Gasteiger partial charge < -0.3 is 10.4 Å². The van der Waals surface area contributed by atoms with Crippen LogP contribution < -0.4 is 5.32 Å². The molecule has 0 unspecified atom stereocenters. The second-order valence-corrected chi connectivity index (χ2v) is 5.71. The van der Waals surface area contributed by atoms with Crippen LogP contribution in [0.4, 0.5) is 5.69 Å². The molecular formula is C15H19ClN2O. The third kappa shape index (κ3) is 3.86. The fourth-order valence-electron chi connectivity index (χ4n) is 2.55. The molecule has 0 aliphatic heterocycles. The Morgan fingerprint density at radius 3 is 2.58 bits per heavy atom. The quantitative estimate of drug-likeness (QED) is 0.829. The first-order valence-corrected chi connectivity index (χ1v) is 7.17. The standard InChI is InChI=1S/C15H19ClN2O/c16-13-6-5-12(10-17)9-14(13)18-11-15(19)7-3-1-2-4-8-15/h5-6,9,18-19H,1-4,7-8,11H2. The predicted molar refractivity (Wildman–Crippen MR) is 77.3 cm³/mol. The van der Waals surface area contributed by atoms with Gasteiger partial charge in [-0.15, -0.1) is 0 Å². The van der Waals surface area contributed by atoms with Crippen LogP contribution in [0.3, 0.4) is 0 Å². The minimum atomic E-state index is -0.650. The lowest BCUT2D eigenvalue weighted by atomic mass is 9.94. The summed E-state index contributed by atoms with van der Waals surface area (Å²) in [5, 5.41) is 23.2. The van der Waals surface area contributed by atoms with E-state index in [1.54, 1.807) is 18.2 Å². The highest BCUT2D eigenvalue weighted by Crippen LogP contribution is 2.29. The van der Waals surface area contributed by atoms with Gasteiger partial charge in [-0.2, -0.15) is 5.26 Å². The second kappa shape index (κ2) is 6.27. The predicted octanol–water partition coefficient (Wildman–Crippen LogP) is 3.71. The van der Waals surface area contributed by atoms with Crippen LogP contribution in [-0.2, 0) is 0 Å². The third-order valence-corrected chi connectivity index (χ3v) is 4.07. The summed E-state index contributed by atoms with van der Waals surface area (Å²) in [5.41, 5.74) is 0.640. The fourth-order valence-corrected chi connectivity index (χ4v) is 2.74. The van der Waals surface area contributed by atoms with Crippen molar-refractivity contribution in [3.63, 3.8) is 0 Å². The van der Waals surface area contributed by atoms with Gasteiger partial charge in [-0.05, 0) is 31.0 Å². The van der Waals surface area contributed by atoms with E-state index in [1.165, 1.54) is 12.8 Å². The zero-order chi connectivity index (χ0) is 13.7. The Morgan fingerprint density at radius 1 is 1.26 bits per heavy atom. The molecule has 1 aromatic carbocycles. The topological polar surface area (TPSA) is 56.0 Å². The molecule has 0 atom stereocenters. The minimum Gasteiger partial charge on any atom is -0.388 e. The summed E-state index contributed by atoms with van der Waals surface area (Å²) in [6.45, 7) is 0.488. The van der Waals surface area contributed by atoms with Gasteiger partial charge in [0.2, 0.25) is 0 Å². The number of benzene rings is 1. The van der Waals surface area contributed by atoms with Gasteiger partial charge in [0.1, 0.15) is 0 Å². The molecule has 0 saturated heterocycles. The Bertz CT molecular complexity index is 474. The zero-order valence-electron chi connectivity index (χ0n) is 11.0. The Morgan fingerprint density at radius 2 is 1.95 bits per heavy atom. The average Bonchev–Trinajstić information content (AvgIpc) is 2.63. The highest BCUT2D eigenvalue weighted by atomic mass is 35.5. The highest BCUT2D eigenvalue weighted by molar-refractivity contribution is 6.33. The number of nitriles is 1. The van der Waals surface area contributed by atoms with E-state index < -0.39 is 5.60 Å². The van der Waals surface area contributed by atoms with Crippen molar-refractivity contribution in [2.75, 3.05) is 11.9 Å². The van der Waals surface area contributed by atoms with E-state index in [9.17, 15) is 5.11 Å². The summed E-state index contributed by atoms with van der Waals surface area (Å²) in [4.78, 5) is 0. The van der Waals surface area contributed by atoms with Gasteiger partial charge >= 0.3 is 0 Å². The highest BCUT2D eigenvalue weighted by Gasteiger charge is 2.27. The molecule has 4 heteroatoms. The average molecular weight is 279 g/mol. The number of nitrogens with one attached hydrogen (secondary N) is 1. The van der Waals surface area contributed by atoms with Crippen molar-refractivity contribution in [3.05, 3.63) is 28.8 Å². The Labute approximate surface area is 119 Å². The van der Waals surface area contributed by atoms with Crippen molar-refractivity contribution in [2.24, 2.45) is 0 Å². The van der Waals surface area contributed by atoms with Crippen molar-refractivity contribution in [1.29, 1.82) is 5.26 Å². The van der Waals surface area contributed by atoms with Gasteiger partial charge in [0.05, 0.1) is 27.9 Å². The molecule has 1 aliphatic rings. The number of hydrogen-bond acceptors (Lipinski definition) is 3. The largest absolute Gasteiger partial charge is 0.388 e. The molecule has 0 radical (unpaired) electrons. The minimum absolute atomic E-state index is 0.488. The zero-order valence-corrected chi connectivity index (χ0v) is 11.7. The van der Waals surface area contributed by atoms with E-state index in [-0.39, 0.29) is 0 Å². The smallest absolute Gasteiger partial charge is 0.0992 e. The first-order chi connectivity index (χ1) is 9.13. The van der Waals surface area contributed by atoms with Crippen LogP contribution in [0.5, 0.6) is 0 Å². The molecule has 19 heavy (non-hydrogen) atoms. The van der Waals surface area contributed by atoms with Crippen molar-refractivity contribution in [2.45, 2.75) is 44.1 Å². The van der Waals surface area contributed by atoms with Crippen LogP contribution >= 0.6 is 11.6 Å². The van der Waals surface area contributed by atoms with Crippen molar-refractivity contribution < 1.29 is 5.11 Å². The van der Waals surface area contributed by atoms with E-state index in [4.69, 9.17) is 16.9 Å². The first-order valence-electron chi connectivity index (χ1n) is 6.79. The molecule has 1 aromatic rings. The number of halogens is 1. The summed E-state index contributed by atoms with van der Waals surface area (Å²) < 4.78 is 0. The van der Waals surface area contributed by atoms with Crippen molar-refractivity contribution >= 4 is 17.3 Å². The van der Waals surface area contributed by atoms with Gasteiger partial charge in [-0.1, -0.05) is 37.3 Å². The number of aliphatic hydroxyl groups is 1. The van der Waals surface area contributed by atoms with Crippen molar-refractivity contribution in [1.82, 2.24) is 0 Å². The maximum atomic E-state index is 10.6. The second-order valence-electron chi connectivity index (χ2n) is 5.30. The molecule has 2 N–H and O–H groups in total. The molecule has 0 heterocycles. The molecule has 3 nitrogen and oxygen atoms in total. The monoisotopic (exact) mass is 278 g/mol. The normalized spacial score (nSPS) is 18.4. The number of hydrogen-bond donors (Lipinski definition) is 2. The maximum absolute atomic E-state index is 10.6. The third-order valence-electron chi connectivity index (χ3n) is 3.74. The summed E-state index contributed by atoms with van der Waals surface area (Å²) in [5.74, 6) is 0. The van der Waals surface area contributed by atoms with E-state index in [0.29, 0.717) is 17.1 Å². The van der Waals surface area contributed by atoms with Gasteiger partial charge in [0.15, 0.2) is 0 Å². The molecule has 1 aliphatic carbocycles. The van der Waals surface area contributed by atoms with Crippen LogP contribution in [0.1, 0.15) is 44.1 Å². The summed E-state index contributed by atoms with van der Waals surface area (Å²) >= 11 is 6.09. The van der Waals surface area contributed by atoms with Crippen molar-refractivity contribution in [3.8, 4) is 6.07 Å². The maximum Gasteiger partial charge on any atom is 0.0992 e. The first kappa shape index (κ1) is 14.2. The fraction of sp³-hybridized carbons (Fsp3) is 0.533. The van der Waals surface area contributed by atoms with Crippen LogP contribution in [0.15, 0.2) is 18.2 Å². The molecule has 102 valence electrons. The molecule has 2 rings (SSSR count). The number of anilines is 1. The van der Waals surface area contributed by atoms with Gasteiger partial charge in [0.25, 0.3) is 0 Å². The van der Waals surface area contributed by atoms with Crippen LogP contribution in [0.2, 0.25) is 5.02 Å². The molecule has 0 amide bonds. The van der Waals surface area contributed by atoms with E-state index >= 15 is 0 Å².